The molecule has 0 rings (SSSR count). The molecule has 0 bridgehead atoms. The molecule has 0 aromatic carbocycles. The van der Waals surface area contributed by atoms with Gasteiger partial charge < -0.3 is 15.3 Å². The van der Waals surface area contributed by atoms with Crippen LogP contribution in [0, 0.1) is 0 Å². The van der Waals surface area contributed by atoms with Crippen LogP contribution in [-0.4, -0.2) is 25.4 Å². The Hall–Kier alpha value is -0.900. The van der Waals surface area contributed by atoms with Crippen molar-refractivity contribution >= 4 is 12.2 Å². The summed E-state index contributed by atoms with van der Waals surface area (Å²) in [4.78, 5) is 20.0. The summed E-state index contributed by atoms with van der Waals surface area (Å²) in [5, 5.41) is 0. The third-order valence-corrected chi connectivity index (χ3v) is 0.857. The molecule has 0 aliphatic carbocycles. The molecule has 0 radical (unpaired) electrons. The standard InChI is InChI=1S/C5H9NO3/c1-9-4(3-7)2-5(6)8/h3-4H,2H2,1H3,(H2,6,8). The molecule has 52 valence electrons. The van der Waals surface area contributed by atoms with Crippen LogP contribution < -0.4 is 5.73 Å². The summed E-state index contributed by atoms with van der Waals surface area (Å²) < 4.78 is 4.54. The van der Waals surface area contributed by atoms with Crippen LogP contribution in [0.3, 0.4) is 0 Å². The smallest absolute Gasteiger partial charge is 0.220 e. The predicted molar refractivity (Wildman–Crippen MR) is 30.7 cm³/mol. The van der Waals surface area contributed by atoms with E-state index in [9.17, 15) is 9.59 Å². The number of carbonyl (C=O) groups is 2. The van der Waals surface area contributed by atoms with Gasteiger partial charge in [-0.15, -0.1) is 0 Å². The lowest BCUT2D eigenvalue weighted by Gasteiger charge is -2.02. The van der Waals surface area contributed by atoms with Gasteiger partial charge in [-0.25, -0.2) is 0 Å². The first-order chi connectivity index (χ1) is 4.20. The second-order valence-electron chi connectivity index (χ2n) is 1.58. The number of nitrogens with two attached hydrogens (primary N) is 1. The molecule has 4 nitrogen and oxygen atoms in total. The van der Waals surface area contributed by atoms with Gasteiger partial charge in [0.15, 0.2) is 0 Å². The monoisotopic (exact) mass is 131 g/mol. The molecular formula is C5H9NO3. The molecule has 0 spiro atoms. The average Bonchev–Trinajstić information content (AvgIpc) is 1.82. The van der Waals surface area contributed by atoms with Crippen molar-refractivity contribution in [2.75, 3.05) is 7.11 Å². The summed E-state index contributed by atoms with van der Waals surface area (Å²) in [7, 11) is 1.35. The van der Waals surface area contributed by atoms with E-state index in [2.05, 4.69) is 4.74 Å². The summed E-state index contributed by atoms with van der Waals surface area (Å²) in [5.74, 6) is -0.533. The molecule has 0 aliphatic heterocycles. The minimum Gasteiger partial charge on any atom is -0.373 e. The van der Waals surface area contributed by atoms with E-state index >= 15 is 0 Å². The molecule has 1 unspecified atom stereocenters. The van der Waals surface area contributed by atoms with E-state index in [4.69, 9.17) is 5.73 Å². The Kier molecular flexibility index (Phi) is 3.62. The maximum absolute atomic E-state index is 10.1. The lowest BCUT2D eigenvalue weighted by Crippen LogP contribution is -2.22. The highest BCUT2D eigenvalue weighted by Gasteiger charge is 2.07. The van der Waals surface area contributed by atoms with Crippen LogP contribution in [0.4, 0.5) is 0 Å². The zero-order valence-electron chi connectivity index (χ0n) is 5.16. The van der Waals surface area contributed by atoms with Crippen LogP contribution >= 0.6 is 0 Å². The van der Waals surface area contributed by atoms with Gasteiger partial charge in [0.1, 0.15) is 12.4 Å². The number of hydrogen-bond donors (Lipinski definition) is 1. The molecule has 2 N–H and O–H groups in total. The number of rotatable bonds is 4. The summed E-state index contributed by atoms with van der Waals surface area (Å²) in [6, 6.07) is 0. The average molecular weight is 131 g/mol. The van der Waals surface area contributed by atoms with Crippen molar-refractivity contribution in [3.05, 3.63) is 0 Å². The van der Waals surface area contributed by atoms with Gasteiger partial charge in [-0.3, -0.25) is 4.79 Å². The fourth-order valence-electron chi connectivity index (χ4n) is 0.385. The minimum atomic E-state index is -0.678. The van der Waals surface area contributed by atoms with Crippen molar-refractivity contribution in [2.45, 2.75) is 12.5 Å². The van der Waals surface area contributed by atoms with Crippen LogP contribution in [0.2, 0.25) is 0 Å². The van der Waals surface area contributed by atoms with E-state index in [-0.39, 0.29) is 6.42 Å². The molecule has 0 saturated heterocycles. The number of methoxy groups -OCH3 is 1. The number of carbonyl (C=O) groups excluding carboxylic acids is 2. The molecule has 9 heavy (non-hydrogen) atoms. The van der Waals surface area contributed by atoms with E-state index in [0.29, 0.717) is 6.29 Å². The number of ether oxygens (including phenoxy) is 1. The Morgan fingerprint density at radius 2 is 2.44 bits per heavy atom. The van der Waals surface area contributed by atoms with Gasteiger partial charge in [-0.2, -0.15) is 0 Å². The first-order valence-corrected chi connectivity index (χ1v) is 2.47. The quantitative estimate of drug-likeness (QED) is 0.501. The second-order valence-corrected chi connectivity index (χ2v) is 1.58. The normalized spacial score (nSPS) is 12.6. The largest absolute Gasteiger partial charge is 0.373 e. The van der Waals surface area contributed by atoms with Crippen LogP contribution in [-0.2, 0) is 14.3 Å². The zero-order chi connectivity index (χ0) is 7.28. The lowest BCUT2D eigenvalue weighted by atomic mass is 10.3. The van der Waals surface area contributed by atoms with E-state index in [1.807, 2.05) is 0 Å². The van der Waals surface area contributed by atoms with Crippen LogP contribution in [0.25, 0.3) is 0 Å². The molecule has 0 aromatic rings. The highest BCUT2D eigenvalue weighted by atomic mass is 16.5. The van der Waals surface area contributed by atoms with Crippen LogP contribution in [0.15, 0.2) is 0 Å². The van der Waals surface area contributed by atoms with E-state index in [1.54, 1.807) is 0 Å². The highest BCUT2D eigenvalue weighted by molar-refractivity contribution is 5.78. The minimum absolute atomic E-state index is 0.0417. The van der Waals surface area contributed by atoms with E-state index < -0.39 is 12.0 Å². The molecule has 1 amide bonds. The van der Waals surface area contributed by atoms with Crippen molar-refractivity contribution in [1.29, 1.82) is 0 Å². The van der Waals surface area contributed by atoms with Crippen LogP contribution in [0.5, 0.6) is 0 Å². The van der Waals surface area contributed by atoms with Gasteiger partial charge in [0.05, 0.1) is 6.42 Å². The predicted octanol–water partition coefficient (Wildman–Crippen LogP) is -0.924. The van der Waals surface area contributed by atoms with Gasteiger partial charge in [0, 0.05) is 7.11 Å². The van der Waals surface area contributed by atoms with Gasteiger partial charge in [-0.05, 0) is 0 Å². The Labute approximate surface area is 53.0 Å². The van der Waals surface area contributed by atoms with E-state index in [1.165, 1.54) is 7.11 Å². The van der Waals surface area contributed by atoms with Gasteiger partial charge in [0.25, 0.3) is 0 Å². The molecule has 0 aromatic heterocycles. The van der Waals surface area contributed by atoms with E-state index in [0.717, 1.165) is 0 Å². The summed E-state index contributed by atoms with van der Waals surface area (Å²) in [6.45, 7) is 0. The lowest BCUT2D eigenvalue weighted by molar-refractivity contribution is -0.126. The Balaban J connectivity index is 3.55. The number of amides is 1. The third-order valence-electron chi connectivity index (χ3n) is 0.857. The van der Waals surface area contributed by atoms with Crippen molar-refractivity contribution in [3.8, 4) is 0 Å². The van der Waals surface area contributed by atoms with Gasteiger partial charge in [0.2, 0.25) is 5.91 Å². The maximum Gasteiger partial charge on any atom is 0.220 e. The highest BCUT2D eigenvalue weighted by Crippen LogP contribution is 1.89. The third kappa shape index (κ3) is 3.66. The van der Waals surface area contributed by atoms with Gasteiger partial charge in [-0.1, -0.05) is 0 Å². The molecular weight excluding hydrogens is 122 g/mol. The molecule has 4 heteroatoms. The first kappa shape index (κ1) is 8.10. The zero-order valence-corrected chi connectivity index (χ0v) is 5.16. The molecule has 1 atom stereocenters. The van der Waals surface area contributed by atoms with Crippen molar-refractivity contribution < 1.29 is 14.3 Å². The number of primary amides is 1. The first-order valence-electron chi connectivity index (χ1n) is 2.47. The molecule has 0 fully saturated rings. The van der Waals surface area contributed by atoms with Gasteiger partial charge >= 0.3 is 0 Å². The van der Waals surface area contributed by atoms with Crippen molar-refractivity contribution in [2.24, 2.45) is 5.73 Å². The second kappa shape index (κ2) is 4.03. The summed E-state index contributed by atoms with van der Waals surface area (Å²) in [5.41, 5.74) is 4.77. The molecule has 0 saturated carbocycles. The van der Waals surface area contributed by atoms with Crippen molar-refractivity contribution in [3.63, 3.8) is 0 Å². The fraction of sp³-hybridized carbons (Fsp3) is 0.600. The van der Waals surface area contributed by atoms with Crippen molar-refractivity contribution in [1.82, 2.24) is 0 Å². The molecule has 0 aliphatic rings. The number of hydrogen-bond acceptors (Lipinski definition) is 3. The summed E-state index contributed by atoms with van der Waals surface area (Å²) in [6.07, 6.45) is -0.174. The summed E-state index contributed by atoms with van der Waals surface area (Å²) >= 11 is 0. The SMILES string of the molecule is COC(C=O)CC(N)=O. The molecule has 0 heterocycles. The Morgan fingerprint density at radius 1 is 1.89 bits per heavy atom. The maximum atomic E-state index is 10.1. The Morgan fingerprint density at radius 3 is 2.56 bits per heavy atom. The topological polar surface area (TPSA) is 69.4 Å². The number of aldehydes is 1. The fourth-order valence-corrected chi connectivity index (χ4v) is 0.385. The Bertz CT molecular complexity index is 113. The van der Waals surface area contributed by atoms with Crippen LogP contribution in [0.1, 0.15) is 6.42 Å².